The second kappa shape index (κ2) is 5.89. The topological polar surface area (TPSA) is 30.5 Å². The van der Waals surface area contributed by atoms with Gasteiger partial charge in [0, 0.05) is 31.7 Å². The molecule has 104 valence electrons. The lowest BCUT2D eigenvalue weighted by atomic mass is 9.89. The van der Waals surface area contributed by atoms with Crippen LogP contribution in [-0.4, -0.2) is 37.5 Å². The molecule has 18 heavy (non-hydrogen) atoms. The Morgan fingerprint density at radius 3 is 2.44 bits per heavy atom. The number of rotatable bonds is 2. The first kappa shape index (κ1) is 12.9. The Balaban J connectivity index is 1.52. The van der Waals surface area contributed by atoms with Gasteiger partial charge in [0.2, 0.25) is 0 Å². The fraction of sp³-hybridized carbons (Fsp3) is 1.00. The van der Waals surface area contributed by atoms with E-state index < -0.39 is 0 Å². The third-order valence-corrected chi connectivity index (χ3v) is 4.89. The highest BCUT2D eigenvalue weighted by molar-refractivity contribution is 4.93. The molecule has 1 N–H and O–H groups in total. The molecule has 1 spiro atoms. The van der Waals surface area contributed by atoms with Gasteiger partial charge < -0.3 is 14.8 Å². The molecule has 3 heteroatoms. The molecule has 3 nitrogen and oxygen atoms in total. The van der Waals surface area contributed by atoms with Crippen molar-refractivity contribution >= 4 is 0 Å². The van der Waals surface area contributed by atoms with E-state index in [1.54, 1.807) is 0 Å². The summed E-state index contributed by atoms with van der Waals surface area (Å²) < 4.78 is 11.5. The van der Waals surface area contributed by atoms with E-state index in [9.17, 15) is 0 Å². The van der Waals surface area contributed by atoms with Crippen molar-refractivity contribution in [2.75, 3.05) is 19.8 Å². The summed E-state index contributed by atoms with van der Waals surface area (Å²) in [6, 6.07) is 1.42. The molecular weight excluding hydrogens is 226 g/mol. The van der Waals surface area contributed by atoms with Crippen LogP contribution < -0.4 is 5.32 Å². The highest BCUT2D eigenvalue weighted by Gasteiger charge is 2.41. The molecule has 3 fully saturated rings. The van der Waals surface area contributed by atoms with Gasteiger partial charge in [-0.3, -0.25) is 0 Å². The Kier molecular flexibility index (Phi) is 4.22. The Labute approximate surface area is 111 Å². The van der Waals surface area contributed by atoms with Crippen LogP contribution in [0.3, 0.4) is 0 Å². The summed E-state index contributed by atoms with van der Waals surface area (Å²) in [6.45, 7) is 2.61. The van der Waals surface area contributed by atoms with Crippen LogP contribution in [-0.2, 0) is 9.47 Å². The third kappa shape index (κ3) is 3.06. The van der Waals surface area contributed by atoms with Crippen molar-refractivity contribution in [3.8, 4) is 0 Å². The summed E-state index contributed by atoms with van der Waals surface area (Å²) >= 11 is 0. The molecule has 2 saturated heterocycles. The molecule has 3 aliphatic rings. The molecule has 0 aromatic heterocycles. The molecule has 0 radical (unpaired) electrons. The first-order chi connectivity index (χ1) is 8.86. The number of hydrogen-bond acceptors (Lipinski definition) is 3. The SMILES string of the molecule is C1CCCC(NC2CCOC3(CCOC3)C2)CC1. The van der Waals surface area contributed by atoms with Gasteiger partial charge in [-0.25, -0.2) is 0 Å². The van der Waals surface area contributed by atoms with Crippen molar-refractivity contribution in [1.29, 1.82) is 0 Å². The maximum atomic E-state index is 6.01. The Hall–Kier alpha value is -0.120. The number of nitrogens with one attached hydrogen (secondary N) is 1. The van der Waals surface area contributed by atoms with Gasteiger partial charge in [-0.05, 0) is 25.7 Å². The van der Waals surface area contributed by atoms with E-state index in [1.807, 2.05) is 0 Å². The average molecular weight is 253 g/mol. The molecule has 0 aromatic carbocycles. The summed E-state index contributed by atoms with van der Waals surface area (Å²) in [6.07, 6.45) is 11.9. The molecular formula is C15H27NO2. The zero-order valence-electron chi connectivity index (χ0n) is 11.5. The van der Waals surface area contributed by atoms with Gasteiger partial charge in [-0.2, -0.15) is 0 Å². The van der Waals surface area contributed by atoms with Gasteiger partial charge in [0.1, 0.15) is 0 Å². The molecule has 0 bridgehead atoms. The Morgan fingerprint density at radius 1 is 0.889 bits per heavy atom. The predicted octanol–water partition coefficient (Wildman–Crippen LogP) is 2.64. The fourth-order valence-corrected chi connectivity index (χ4v) is 3.81. The molecule has 0 amide bonds. The monoisotopic (exact) mass is 253 g/mol. The normalized spacial score (nSPS) is 39.0. The van der Waals surface area contributed by atoms with Crippen molar-refractivity contribution in [2.45, 2.75) is 75.5 Å². The van der Waals surface area contributed by atoms with Gasteiger partial charge in [0.15, 0.2) is 0 Å². The zero-order chi connectivity index (χ0) is 12.3. The molecule has 2 aliphatic heterocycles. The van der Waals surface area contributed by atoms with E-state index in [1.165, 1.54) is 44.9 Å². The van der Waals surface area contributed by atoms with E-state index in [0.29, 0.717) is 6.04 Å². The van der Waals surface area contributed by atoms with Gasteiger partial charge in [-0.1, -0.05) is 25.7 Å². The lowest BCUT2D eigenvalue weighted by Crippen LogP contribution is -2.50. The van der Waals surface area contributed by atoms with Crippen LogP contribution in [0, 0.1) is 0 Å². The van der Waals surface area contributed by atoms with Crippen LogP contribution in [0.4, 0.5) is 0 Å². The average Bonchev–Trinajstić information content (AvgIpc) is 2.66. The van der Waals surface area contributed by atoms with E-state index in [0.717, 1.165) is 38.7 Å². The van der Waals surface area contributed by atoms with E-state index in [2.05, 4.69) is 5.32 Å². The van der Waals surface area contributed by atoms with Crippen LogP contribution in [0.25, 0.3) is 0 Å². The van der Waals surface area contributed by atoms with Crippen molar-refractivity contribution in [2.24, 2.45) is 0 Å². The smallest absolute Gasteiger partial charge is 0.0951 e. The van der Waals surface area contributed by atoms with Crippen LogP contribution in [0.2, 0.25) is 0 Å². The van der Waals surface area contributed by atoms with E-state index in [4.69, 9.17) is 9.47 Å². The number of hydrogen-bond donors (Lipinski definition) is 1. The highest BCUT2D eigenvalue weighted by Crippen LogP contribution is 2.33. The lowest BCUT2D eigenvalue weighted by Gasteiger charge is -2.39. The minimum Gasteiger partial charge on any atom is -0.378 e. The largest absolute Gasteiger partial charge is 0.378 e. The second-order valence-electron chi connectivity index (χ2n) is 6.38. The van der Waals surface area contributed by atoms with Crippen LogP contribution in [0.5, 0.6) is 0 Å². The van der Waals surface area contributed by atoms with Crippen molar-refractivity contribution in [3.63, 3.8) is 0 Å². The number of ether oxygens (including phenoxy) is 2. The van der Waals surface area contributed by atoms with E-state index in [-0.39, 0.29) is 5.60 Å². The lowest BCUT2D eigenvalue weighted by molar-refractivity contribution is -0.0904. The minimum atomic E-state index is 0.0562. The van der Waals surface area contributed by atoms with Gasteiger partial charge in [0.05, 0.1) is 12.2 Å². The Morgan fingerprint density at radius 2 is 1.72 bits per heavy atom. The molecule has 3 rings (SSSR count). The molecule has 2 heterocycles. The standard InChI is InChI=1S/C15H27NO2/c1-2-4-6-13(5-3-1)16-14-7-9-18-15(11-14)8-10-17-12-15/h13-14,16H,1-12H2. The fourth-order valence-electron chi connectivity index (χ4n) is 3.81. The van der Waals surface area contributed by atoms with Crippen molar-refractivity contribution in [3.05, 3.63) is 0 Å². The zero-order valence-corrected chi connectivity index (χ0v) is 11.5. The first-order valence-corrected chi connectivity index (χ1v) is 7.84. The van der Waals surface area contributed by atoms with Gasteiger partial charge >= 0.3 is 0 Å². The quantitative estimate of drug-likeness (QED) is 0.767. The summed E-state index contributed by atoms with van der Waals surface area (Å²) in [7, 11) is 0. The van der Waals surface area contributed by atoms with Crippen LogP contribution >= 0.6 is 0 Å². The molecule has 2 unspecified atom stereocenters. The second-order valence-corrected chi connectivity index (χ2v) is 6.38. The summed E-state index contributed by atoms with van der Waals surface area (Å²) in [4.78, 5) is 0. The van der Waals surface area contributed by atoms with Crippen LogP contribution in [0.1, 0.15) is 57.8 Å². The highest BCUT2D eigenvalue weighted by atomic mass is 16.6. The first-order valence-electron chi connectivity index (χ1n) is 7.84. The molecule has 2 atom stereocenters. The van der Waals surface area contributed by atoms with Crippen molar-refractivity contribution in [1.82, 2.24) is 5.32 Å². The van der Waals surface area contributed by atoms with Gasteiger partial charge in [-0.15, -0.1) is 0 Å². The summed E-state index contributed by atoms with van der Waals surface area (Å²) in [5.41, 5.74) is 0.0562. The third-order valence-electron chi connectivity index (χ3n) is 4.89. The molecule has 1 aliphatic carbocycles. The molecule has 1 saturated carbocycles. The van der Waals surface area contributed by atoms with E-state index >= 15 is 0 Å². The Bertz CT molecular complexity index is 255. The molecule has 0 aromatic rings. The summed E-state index contributed by atoms with van der Waals surface area (Å²) in [5, 5.41) is 3.91. The van der Waals surface area contributed by atoms with Gasteiger partial charge in [0.25, 0.3) is 0 Å². The van der Waals surface area contributed by atoms with Crippen LogP contribution in [0.15, 0.2) is 0 Å². The minimum absolute atomic E-state index is 0.0562. The maximum Gasteiger partial charge on any atom is 0.0951 e. The maximum absolute atomic E-state index is 6.01. The summed E-state index contributed by atoms with van der Waals surface area (Å²) in [5.74, 6) is 0. The van der Waals surface area contributed by atoms with Crippen molar-refractivity contribution < 1.29 is 9.47 Å². The predicted molar refractivity (Wildman–Crippen MR) is 71.8 cm³/mol.